The molecule has 6 nitrogen and oxygen atoms in total. The van der Waals surface area contributed by atoms with Crippen LogP contribution in [0.25, 0.3) is 0 Å². The maximum Gasteiger partial charge on any atom is 0.216 e. The van der Waals surface area contributed by atoms with E-state index in [9.17, 15) is 8.42 Å². The van der Waals surface area contributed by atoms with E-state index in [0.717, 1.165) is 4.31 Å². The summed E-state index contributed by atoms with van der Waals surface area (Å²) in [5.74, 6) is -0.369. The van der Waals surface area contributed by atoms with E-state index in [2.05, 4.69) is 0 Å². The molecular formula is C6H13NO5S. The van der Waals surface area contributed by atoms with Crippen LogP contribution in [-0.2, 0) is 10.0 Å². The molecule has 0 aromatic carbocycles. The van der Waals surface area contributed by atoms with Crippen LogP contribution in [-0.4, -0.2) is 65.7 Å². The maximum absolute atomic E-state index is 11.3. The lowest BCUT2D eigenvalue weighted by Gasteiger charge is -2.13. The second-order valence-corrected chi connectivity index (χ2v) is 5.08. The van der Waals surface area contributed by atoms with E-state index in [4.69, 9.17) is 15.3 Å². The molecule has 1 heterocycles. The average molecular weight is 211 g/mol. The zero-order chi connectivity index (χ0) is 10.1. The predicted molar refractivity (Wildman–Crippen MR) is 44.5 cm³/mol. The molecular weight excluding hydrogens is 198 g/mol. The van der Waals surface area contributed by atoms with Crippen molar-refractivity contribution in [3.63, 3.8) is 0 Å². The lowest BCUT2D eigenvalue weighted by molar-refractivity contribution is 0.0572. The fourth-order valence-corrected chi connectivity index (χ4v) is 2.46. The SMILES string of the molecule is O=S(=O)(CCO)N1CC(O)C(O)C1. The van der Waals surface area contributed by atoms with E-state index in [0.29, 0.717) is 0 Å². The van der Waals surface area contributed by atoms with Crippen molar-refractivity contribution in [3.8, 4) is 0 Å². The molecule has 0 bridgehead atoms. The third-order valence-electron chi connectivity index (χ3n) is 1.97. The van der Waals surface area contributed by atoms with Crippen molar-refractivity contribution in [2.45, 2.75) is 12.2 Å². The number of sulfonamides is 1. The topological polar surface area (TPSA) is 98.1 Å². The van der Waals surface area contributed by atoms with Gasteiger partial charge in [0, 0.05) is 13.1 Å². The van der Waals surface area contributed by atoms with Gasteiger partial charge >= 0.3 is 0 Å². The normalized spacial score (nSPS) is 31.0. The van der Waals surface area contributed by atoms with E-state index < -0.39 is 28.8 Å². The monoisotopic (exact) mass is 211 g/mol. The molecule has 2 atom stereocenters. The average Bonchev–Trinajstić information content (AvgIpc) is 2.33. The van der Waals surface area contributed by atoms with Crippen molar-refractivity contribution in [2.24, 2.45) is 0 Å². The highest BCUT2D eigenvalue weighted by Crippen LogP contribution is 2.14. The highest BCUT2D eigenvalue weighted by atomic mass is 32.2. The van der Waals surface area contributed by atoms with Gasteiger partial charge in [-0.25, -0.2) is 8.42 Å². The van der Waals surface area contributed by atoms with Gasteiger partial charge in [0.05, 0.1) is 24.6 Å². The minimum atomic E-state index is -3.51. The first-order valence-corrected chi connectivity index (χ1v) is 5.53. The first-order valence-electron chi connectivity index (χ1n) is 3.92. The summed E-state index contributed by atoms with van der Waals surface area (Å²) in [5.41, 5.74) is 0. The van der Waals surface area contributed by atoms with Crippen LogP contribution < -0.4 is 0 Å². The number of hydrogen-bond donors (Lipinski definition) is 3. The summed E-state index contributed by atoms with van der Waals surface area (Å²) in [5, 5.41) is 26.6. The Labute approximate surface area is 76.5 Å². The van der Waals surface area contributed by atoms with Gasteiger partial charge in [-0.15, -0.1) is 0 Å². The largest absolute Gasteiger partial charge is 0.395 e. The lowest BCUT2D eigenvalue weighted by atomic mass is 10.3. The van der Waals surface area contributed by atoms with Gasteiger partial charge in [-0.3, -0.25) is 0 Å². The summed E-state index contributed by atoms with van der Waals surface area (Å²) < 4.78 is 23.5. The molecule has 0 spiro atoms. The molecule has 0 aromatic heterocycles. The highest BCUT2D eigenvalue weighted by molar-refractivity contribution is 7.89. The summed E-state index contributed by atoms with van der Waals surface area (Å²) in [4.78, 5) is 0. The molecule has 1 saturated heterocycles. The second-order valence-electron chi connectivity index (χ2n) is 2.99. The van der Waals surface area contributed by atoms with Crippen molar-refractivity contribution in [1.29, 1.82) is 0 Å². The van der Waals surface area contributed by atoms with Crippen molar-refractivity contribution >= 4 is 10.0 Å². The Morgan fingerprint density at radius 2 is 1.69 bits per heavy atom. The molecule has 13 heavy (non-hydrogen) atoms. The van der Waals surface area contributed by atoms with Crippen LogP contribution in [0.15, 0.2) is 0 Å². The van der Waals surface area contributed by atoms with Gasteiger partial charge in [0.25, 0.3) is 0 Å². The van der Waals surface area contributed by atoms with Gasteiger partial charge < -0.3 is 15.3 Å². The van der Waals surface area contributed by atoms with E-state index >= 15 is 0 Å². The molecule has 3 N–H and O–H groups in total. The quantitative estimate of drug-likeness (QED) is 0.473. The third-order valence-corrected chi connectivity index (χ3v) is 3.75. The molecule has 1 fully saturated rings. The Morgan fingerprint density at radius 1 is 1.23 bits per heavy atom. The Hall–Kier alpha value is -0.210. The van der Waals surface area contributed by atoms with E-state index in [1.165, 1.54) is 0 Å². The second kappa shape index (κ2) is 3.89. The number of hydrogen-bond acceptors (Lipinski definition) is 5. The summed E-state index contributed by atoms with van der Waals surface area (Å²) >= 11 is 0. The summed E-state index contributed by atoms with van der Waals surface area (Å²) in [6.07, 6.45) is -2.04. The zero-order valence-corrected chi connectivity index (χ0v) is 7.81. The highest BCUT2D eigenvalue weighted by Gasteiger charge is 2.36. The van der Waals surface area contributed by atoms with Crippen LogP contribution in [0.3, 0.4) is 0 Å². The molecule has 1 aliphatic heterocycles. The van der Waals surface area contributed by atoms with Crippen LogP contribution in [0.2, 0.25) is 0 Å². The molecule has 7 heteroatoms. The minimum Gasteiger partial charge on any atom is -0.395 e. The first-order chi connectivity index (χ1) is 5.97. The van der Waals surface area contributed by atoms with Crippen molar-refractivity contribution in [2.75, 3.05) is 25.4 Å². The summed E-state index contributed by atoms with van der Waals surface area (Å²) in [6, 6.07) is 0. The van der Waals surface area contributed by atoms with Gasteiger partial charge in [0.15, 0.2) is 0 Å². The Balaban J connectivity index is 2.65. The van der Waals surface area contributed by atoms with E-state index in [1.54, 1.807) is 0 Å². The van der Waals surface area contributed by atoms with Crippen molar-refractivity contribution in [3.05, 3.63) is 0 Å². The van der Waals surface area contributed by atoms with E-state index in [-0.39, 0.29) is 18.8 Å². The van der Waals surface area contributed by atoms with Crippen LogP contribution in [0, 0.1) is 0 Å². The zero-order valence-electron chi connectivity index (χ0n) is 7.00. The summed E-state index contributed by atoms with van der Waals surface area (Å²) in [6.45, 7) is -0.641. The fourth-order valence-electron chi connectivity index (χ4n) is 1.21. The molecule has 78 valence electrons. The molecule has 0 amide bonds. The Kier molecular flexibility index (Phi) is 3.25. The number of β-amino-alcohol motifs (C(OH)–C–C–N with tert-alkyl or cyclic N) is 2. The number of aliphatic hydroxyl groups is 3. The van der Waals surface area contributed by atoms with Crippen molar-refractivity contribution < 1.29 is 23.7 Å². The Morgan fingerprint density at radius 3 is 2.08 bits per heavy atom. The number of rotatable bonds is 3. The third kappa shape index (κ3) is 2.38. The van der Waals surface area contributed by atoms with Crippen LogP contribution in [0.1, 0.15) is 0 Å². The molecule has 0 aromatic rings. The standard InChI is InChI=1S/C6H13NO5S/c8-1-2-13(11,12)7-3-5(9)6(10)4-7/h5-6,8-10H,1-4H2. The van der Waals surface area contributed by atoms with E-state index in [1.807, 2.05) is 0 Å². The Bertz CT molecular complexity index is 254. The van der Waals surface area contributed by atoms with Gasteiger partial charge in [-0.05, 0) is 0 Å². The van der Waals surface area contributed by atoms with Gasteiger partial charge in [-0.1, -0.05) is 0 Å². The van der Waals surface area contributed by atoms with Crippen LogP contribution >= 0.6 is 0 Å². The van der Waals surface area contributed by atoms with Gasteiger partial charge in [0.2, 0.25) is 10.0 Å². The summed E-state index contributed by atoms with van der Waals surface area (Å²) in [7, 11) is -3.51. The molecule has 0 saturated carbocycles. The van der Waals surface area contributed by atoms with Crippen molar-refractivity contribution in [1.82, 2.24) is 4.31 Å². The molecule has 0 radical (unpaired) electrons. The number of nitrogens with zero attached hydrogens (tertiary/aromatic N) is 1. The van der Waals surface area contributed by atoms with Gasteiger partial charge in [-0.2, -0.15) is 4.31 Å². The van der Waals surface area contributed by atoms with Gasteiger partial charge in [0.1, 0.15) is 0 Å². The fraction of sp³-hybridized carbons (Fsp3) is 1.00. The molecule has 1 aliphatic rings. The molecule has 2 unspecified atom stereocenters. The lowest BCUT2D eigenvalue weighted by Crippen LogP contribution is -2.33. The minimum absolute atomic E-state index is 0.0937. The molecule has 0 aliphatic carbocycles. The van der Waals surface area contributed by atoms with Crippen LogP contribution in [0.5, 0.6) is 0 Å². The number of aliphatic hydroxyl groups excluding tert-OH is 3. The first kappa shape index (κ1) is 10.9. The molecule has 1 rings (SSSR count). The van der Waals surface area contributed by atoms with Crippen LogP contribution in [0.4, 0.5) is 0 Å². The predicted octanol–water partition coefficient (Wildman–Crippen LogP) is -2.65. The smallest absolute Gasteiger partial charge is 0.216 e. The maximum atomic E-state index is 11.3.